The molecule has 1 heterocycles. The molecule has 0 radical (unpaired) electrons. The summed E-state index contributed by atoms with van der Waals surface area (Å²) in [5.41, 5.74) is 1.86. The topological polar surface area (TPSA) is 104 Å². The highest BCUT2D eigenvalue weighted by Crippen LogP contribution is 2.45. The molecule has 216 valence electrons. The smallest absolute Gasteiger partial charge is 0.306 e. The molecule has 1 saturated heterocycles. The number of morpholine rings is 1. The molecular weight excluding hydrogens is 587 g/mol. The molecule has 5 rings (SSSR count). The van der Waals surface area contributed by atoms with E-state index in [0.29, 0.717) is 39.7 Å². The zero-order chi connectivity index (χ0) is 29.3. The summed E-state index contributed by atoms with van der Waals surface area (Å²) in [5.74, 6) is -1.72. The molecule has 0 spiro atoms. The Morgan fingerprint density at radius 1 is 1.00 bits per heavy atom. The molecule has 2 fully saturated rings. The van der Waals surface area contributed by atoms with Crippen molar-refractivity contribution in [3.05, 3.63) is 100 Å². The van der Waals surface area contributed by atoms with Crippen LogP contribution in [0.2, 0.25) is 10.0 Å². The lowest BCUT2D eigenvalue weighted by Crippen LogP contribution is -2.57. The summed E-state index contributed by atoms with van der Waals surface area (Å²) in [5, 5.41) is 10.1. The SMILES string of the molecule is C[C@H](CN(c1ccccc1)S(=O)(=O)C1CC1)N1C(=O)[C@@H](CC(=O)O)O[C@H](c2cccc(Cl)c2)[C@H]1c1ccc(Cl)cc1. The van der Waals surface area contributed by atoms with Gasteiger partial charge in [-0.2, -0.15) is 0 Å². The largest absolute Gasteiger partial charge is 0.481 e. The minimum absolute atomic E-state index is 0.0270. The third-order valence-corrected chi connectivity index (χ3v) is 10.2. The van der Waals surface area contributed by atoms with Crippen molar-refractivity contribution < 1.29 is 27.9 Å². The number of benzene rings is 3. The number of hydrogen-bond acceptors (Lipinski definition) is 5. The second kappa shape index (κ2) is 12.0. The minimum atomic E-state index is -3.69. The Morgan fingerprint density at radius 3 is 2.29 bits per heavy atom. The summed E-state index contributed by atoms with van der Waals surface area (Å²) in [6.07, 6.45) is -1.45. The van der Waals surface area contributed by atoms with Gasteiger partial charge in [0.05, 0.1) is 29.9 Å². The van der Waals surface area contributed by atoms with Crippen LogP contribution in [0.1, 0.15) is 49.5 Å². The molecule has 1 N–H and O–H groups in total. The lowest BCUT2D eigenvalue weighted by atomic mass is 9.90. The summed E-state index contributed by atoms with van der Waals surface area (Å²) in [7, 11) is -3.69. The number of sulfonamides is 1. The monoisotopic (exact) mass is 616 g/mol. The molecular formula is C30H30Cl2N2O6S. The van der Waals surface area contributed by atoms with E-state index in [1.54, 1.807) is 78.6 Å². The van der Waals surface area contributed by atoms with Crippen molar-refractivity contribution in [2.75, 3.05) is 10.8 Å². The Morgan fingerprint density at radius 2 is 1.68 bits per heavy atom. The highest BCUT2D eigenvalue weighted by atomic mass is 35.5. The first-order chi connectivity index (χ1) is 19.6. The predicted molar refractivity (Wildman–Crippen MR) is 158 cm³/mol. The van der Waals surface area contributed by atoms with Crippen LogP contribution in [-0.4, -0.2) is 54.2 Å². The Balaban J connectivity index is 1.61. The highest BCUT2D eigenvalue weighted by molar-refractivity contribution is 7.93. The van der Waals surface area contributed by atoms with Crippen molar-refractivity contribution in [2.24, 2.45) is 0 Å². The molecule has 0 unspecified atom stereocenters. The van der Waals surface area contributed by atoms with Crippen molar-refractivity contribution in [2.45, 2.75) is 55.7 Å². The standard InChI is InChI=1S/C30H30Cl2N2O6S/c1-19(18-33(24-8-3-2-4-9-24)41(38,39)25-14-15-25)34-28(20-10-12-22(31)13-11-20)29(21-6-5-7-23(32)16-21)40-26(30(34)37)17-27(35)36/h2-13,16,19,25-26,28-29H,14-15,17-18H2,1H3,(H,35,36)/t19-,26-,28-,29-/m1/s1. The van der Waals surface area contributed by atoms with Gasteiger partial charge in [-0.05, 0) is 67.3 Å². The lowest BCUT2D eigenvalue weighted by molar-refractivity contribution is -0.182. The molecule has 1 aliphatic carbocycles. The van der Waals surface area contributed by atoms with E-state index in [1.807, 2.05) is 12.1 Å². The first-order valence-corrected chi connectivity index (χ1v) is 15.6. The van der Waals surface area contributed by atoms with Crippen LogP contribution in [0.5, 0.6) is 0 Å². The molecule has 11 heteroatoms. The average molecular weight is 618 g/mol. The summed E-state index contributed by atoms with van der Waals surface area (Å²) >= 11 is 12.5. The predicted octanol–water partition coefficient (Wildman–Crippen LogP) is 5.87. The van der Waals surface area contributed by atoms with Gasteiger partial charge in [0, 0.05) is 16.1 Å². The van der Waals surface area contributed by atoms with Crippen LogP contribution in [0.25, 0.3) is 0 Å². The van der Waals surface area contributed by atoms with Crippen LogP contribution in [-0.2, 0) is 24.3 Å². The number of para-hydroxylation sites is 1. The molecule has 0 bridgehead atoms. The number of carboxylic acids is 1. The van der Waals surface area contributed by atoms with Crippen LogP contribution in [0.4, 0.5) is 5.69 Å². The number of nitrogens with zero attached hydrogens (tertiary/aromatic N) is 2. The molecule has 41 heavy (non-hydrogen) atoms. The molecule has 3 aromatic carbocycles. The van der Waals surface area contributed by atoms with Gasteiger partial charge >= 0.3 is 5.97 Å². The zero-order valence-electron chi connectivity index (χ0n) is 22.3. The number of ether oxygens (including phenoxy) is 1. The number of carbonyl (C=O) groups excluding carboxylic acids is 1. The molecule has 3 aromatic rings. The number of carbonyl (C=O) groups is 2. The van der Waals surface area contributed by atoms with Gasteiger partial charge in [-0.15, -0.1) is 0 Å². The van der Waals surface area contributed by atoms with Crippen molar-refractivity contribution in [3.8, 4) is 0 Å². The van der Waals surface area contributed by atoms with E-state index in [1.165, 1.54) is 4.31 Å². The van der Waals surface area contributed by atoms with Gasteiger partial charge in [0.2, 0.25) is 10.0 Å². The number of hydrogen-bond donors (Lipinski definition) is 1. The molecule has 8 nitrogen and oxygen atoms in total. The Hall–Kier alpha value is -3.11. The van der Waals surface area contributed by atoms with Gasteiger partial charge < -0.3 is 14.7 Å². The molecule has 4 atom stereocenters. The van der Waals surface area contributed by atoms with Crippen molar-refractivity contribution in [3.63, 3.8) is 0 Å². The van der Waals surface area contributed by atoms with E-state index in [2.05, 4.69) is 0 Å². The zero-order valence-corrected chi connectivity index (χ0v) is 24.6. The minimum Gasteiger partial charge on any atom is -0.481 e. The van der Waals surface area contributed by atoms with Crippen molar-refractivity contribution in [1.29, 1.82) is 0 Å². The number of anilines is 1. The van der Waals surface area contributed by atoms with Crippen LogP contribution < -0.4 is 4.31 Å². The number of aliphatic carboxylic acids is 1. The fourth-order valence-corrected chi connectivity index (χ4v) is 7.56. The van der Waals surface area contributed by atoms with Crippen molar-refractivity contribution in [1.82, 2.24) is 4.90 Å². The maximum absolute atomic E-state index is 14.0. The molecule has 2 aliphatic rings. The first-order valence-electron chi connectivity index (χ1n) is 13.3. The molecule has 1 aliphatic heterocycles. The second-order valence-corrected chi connectivity index (χ2v) is 13.4. The van der Waals surface area contributed by atoms with E-state index in [9.17, 15) is 23.1 Å². The van der Waals surface area contributed by atoms with Crippen LogP contribution >= 0.6 is 23.2 Å². The van der Waals surface area contributed by atoms with Gasteiger partial charge in [-0.3, -0.25) is 13.9 Å². The van der Waals surface area contributed by atoms with E-state index in [4.69, 9.17) is 27.9 Å². The van der Waals surface area contributed by atoms with Gasteiger partial charge in [-0.1, -0.05) is 65.7 Å². The fraction of sp³-hybridized carbons (Fsp3) is 0.333. The van der Waals surface area contributed by atoms with Crippen LogP contribution in [0.3, 0.4) is 0 Å². The summed E-state index contributed by atoms with van der Waals surface area (Å²) < 4.78 is 34.8. The van der Waals surface area contributed by atoms with Crippen LogP contribution in [0.15, 0.2) is 78.9 Å². The van der Waals surface area contributed by atoms with Gasteiger partial charge in [0.25, 0.3) is 5.91 Å². The summed E-state index contributed by atoms with van der Waals surface area (Å²) in [6.45, 7) is 1.75. The molecule has 0 aromatic heterocycles. The molecule has 1 saturated carbocycles. The number of halogens is 2. The van der Waals surface area contributed by atoms with Gasteiger partial charge in [-0.25, -0.2) is 8.42 Å². The number of carboxylic acid groups (broad SMARTS) is 1. The Bertz CT molecular complexity index is 1520. The second-order valence-electron chi connectivity index (χ2n) is 10.4. The third kappa shape index (κ3) is 6.38. The quantitative estimate of drug-likeness (QED) is 0.306. The van der Waals surface area contributed by atoms with E-state index >= 15 is 0 Å². The maximum atomic E-state index is 14.0. The number of amides is 1. The third-order valence-electron chi connectivity index (χ3n) is 7.38. The van der Waals surface area contributed by atoms with Crippen molar-refractivity contribution >= 4 is 50.8 Å². The summed E-state index contributed by atoms with van der Waals surface area (Å²) in [4.78, 5) is 27.4. The lowest BCUT2D eigenvalue weighted by Gasteiger charge is -2.48. The number of rotatable bonds is 10. The normalized spacial score (nSPS) is 21.9. The Kier molecular flexibility index (Phi) is 8.61. The Labute approximate surface area is 249 Å². The highest BCUT2D eigenvalue weighted by Gasteiger charge is 2.48. The van der Waals surface area contributed by atoms with Crippen LogP contribution in [0, 0.1) is 0 Å². The molecule has 1 amide bonds. The summed E-state index contributed by atoms with van der Waals surface area (Å²) in [6, 6.07) is 21.4. The van der Waals surface area contributed by atoms with E-state index in [-0.39, 0.29) is 6.54 Å². The fourth-order valence-electron chi connectivity index (χ4n) is 5.31. The van der Waals surface area contributed by atoms with E-state index in [0.717, 1.165) is 0 Å². The van der Waals surface area contributed by atoms with E-state index < -0.39 is 57.9 Å². The first kappa shape index (κ1) is 29.4. The average Bonchev–Trinajstić information content (AvgIpc) is 3.80. The van der Waals surface area contributed by atoms with Gasteiger partial charge in [0.15, 0.2) is 0 Å². The maximum Gasteiger partial charge on any atom is 0.306 e. The van der Waals surface area contributed by atoms with Gasteiger partial charge in [0.1, 0.15) is 12.2 Å².